The quantitative estimate of drug-likeness (QED) is 0.686. The summed E-state index contributed by atoms with van der Waals surface area (Å²) in [6.07, 6.45) is 7.13. The van der Waals surface area contributed by atoms with Crippen LogP contribution in [0.4, 0.5) is 0 Å². The molecule has 0 amide bonds. The van der Waals surface area contributed by atoms with Crippen LogP contribution in [0, 0.1) is 0 Å². The van der Waals surface area contributed by atoms with Crippen molar-refractivity contribution in [2.45, 2.75) is 11.9 Å². The molecule has 0 bridgehead atoms. The predicted molar refractivity (Wildman–Crippen MR) is 39.4 cm³/mol. The molecule has 0 aromatic rings. The van der Waals surface area contributed by atoms with Gasteiger partial charge in [-0.25, -0.2) is 0 Å². The molecule has 0 aromatic heterocycles. The first kappa shape index (κ1) is 7.80. The fraction of sp³-hybridized carbons (Fsp3) is 0.333. The van der Waals surface area contributed by atoms with Gasteiger partial charge in [0.2, 0.25) is 0 Å². The van der Waals surface area contributed by atoms with Gasteiger partial charge >= 0.3 is 66.6 Å². The van der Waals surface area contributed by atoms with E-state index in [4.69, 9.17) is 19.3 Å². The molecule has 0 fully saturated rings. The Morgan fingerprint density at radius 1 is 1.56 bits per heavy atom. The number of rotatable bonds is 1. The minimum atomic E-state index is -2.50. The van der Waals surface area contributed by atoms with Crippen molar-refractivity contribution in [2.75, 3.05) is 0 Å². The van der Waals surface area contributed by atoms with Gasteiger partial charge in [0, 0.05) is 0 Å². The normalized spacial score (nSPS) is 20.1. The Hall–Kier alpha value is 0.696. The Morgan fingerprint density at radius 3 is 2.44 bits per heavy atom. The zero-order chi connectivity index (χ0) is 6.91. The molecule has 1 aliphatic carbocycles. The summed E-state index contributed by atoms with van der Waals surface area (Å²) in [5.74, 6) is 0. The molecular formula is C6H8Cl2Os. The van der Waals surface area contributed by atoms with Crippen molar-refractivity contribution in [3.63, 3.8) is 0 Å². The minimum absolute atomic E-state index is 0.979. The zero-order valence-corrected chi connectivity index (χ0v) is 9.10. The molecule has 54 valence electrons. The van der Waals surface area contributed by atoms with Gasteiger partial charge in [-0.3, -0.25) is 0 Å². The van der Waals surface area contributed by atoms with Gasteiger partial charge in [-0.05, 0) is 0 Å². The van der Waals surface area contributed by atoms with E-state index in [9.17, 15) is 0 Å². The van der Waals surface area contributed by atoms with Gasteiger partial charge in [0.05, 0.1) is 0 Å². The van der Waals surface area contributed by atoms with Crippen molar-refractivity contribution in [3.05, 3.63) is 22.4 Å². The molecule has 0 atom stereocenters. The summed E-state index contributed by atoms with van der Waals surface area (Å²) in [5.41, 5.74) is 1.98. The second-order valence-electron chi connectivity index (χ2n) is 1.86. The monoisotopic (exact) mass is 342 g/mol. The van der Waals surface area contributed by atoms with Gasteiger partial charge in [-0.15, -0.1) is 0 Å². The molecule has 0 nitrogen and oxygen atoms in total. The molecule has 0 spiro atoms. The molecule has 9 heavy (non-hydrogen) atoms. The van der Waals surface area contributed by atoms with E-state index in [0.29, 0.717) is 0 Å². The van der Waals surface area contributed by atoms with Gasteiger partial charge in [0.1, 0.15) is 0 Å². The van der Waals surface area contributed by atoms with Crippen LogP contribution in [0.25, 0.3) is 0 Å². The second-order valence-corrected chi connectivity index (χ2v) is 17.9. The molecule has 0 saturated heterocycles. The van der Waals surface area contributed by atoms with Crippen LogP contribution in [0.3, 0.4) is 0 Å². The van der Waals surface area contributed by atoms with Crippen LogP contribution in [0.15, 0.2) is 22.4 Å². The van der Waals surface area contributed by atoms with Gasteiger partial charge in [-0.1, -0.05) is 0 Å². The number of halogens is 2. The molecule has 0 heterocycles. The third kappa shape index (κ3) is 2.08. The van der Waals surface area contributed by atoms with Crippen LogP contribution in [-0.4, -0.2) is 0 Å². The van der Waals surface area contributed by atoms with Crippen LogP contribution in [0.5, 0.6) is 0 Å². The molecule has 0 unspecified atom stereocenters. The van der Waals surface area contributed by atoms with Gasteiger partial charge in [-0.2, -0.15) is 0 Å². The average molecular weight is 341 g/mol. The number of hydrogen-bond acceptors (Lipinski definition) is 0. The Kier molecular flexibility index (Phi) is 2.38. The first-order valence-electron chi connectivity index (χ1n) is 2.51. The van der Waals surface area contributed by atoms with E-state index >= 15 is 0 Å². The zero-order valence-electron chi connectivity index (χ0n) is 5.05. The van der Waals surface area contributed by atoms with Crippen LogP contribution in [0.2, 0.25) is 5.48 Å². The summed E-state index contributed by atoms with van der Waals surface area (Å²) < 4.78 is 1.27. The van der Waals surface area contributed by atoms with Crippen molar-refractivity contribution in [1.82, 2.24) is 0 Å². The van der Waals surface area contributed by atoms with Gasteiger partial charge in [0.15, 0.2) is 0 Å². The topological polar surface area (TPSA) is 0 Å². The Labute approximate surface area is 66.5 Å². The Balaban J connectivity index is 2.66. The van der Waals surface area contributed by atoms with Gasteiger partial charge in [0.25, 0.3) is 0 Å². The summed E-state index contributed by atoms with van der Waals surface area (Å²) in [6.45, 7) is 0. The molecule has 0 radical (unpaired) electrons. The van der Waals surface area contributed by atoms with Gasteiger partial charge < -0.3 is 0 Å². The van der Waals surface area contributed by atoms with Crippen LogP contribution < -0.4 is 0 Å². The number of hydrogen-bond donors (Lipinski definition) is 0. The summed E-state index contributed by atoms with van der Waals surface area (Å²) in [7, 11) is 12.0. The molecule has 1 rings (SSSR count). The first-order valence-corrected chi connectivity index (χ1v) is 12.6. The van der Waals surface area contributed by atoms with Crippen molar-refractivity contribution in [2.24, 2.45) is 0 Å². The summed E-state index contributed by atoms with van der Waals surface area (Å²) in [5, 5.41) is 0. The summed E-state index contributed by atoms with van der Waals surface area (Å²) >= 11 is -2.50. The van der Waals surface area contributed by atoms with E-state index in [0.717, 1.165) is 6.42 Å². The standard InChI is InChI=1S/C5H5.CH3.2ClH.Os/c1-2-4-5-3-1;;;;/h1-3H,4H2;1H3;2*1H;/q;;;;+2/p-2. The van der Waals surface area contributed by atoms with E-state index in [1.807, 2.05) is 17.6 Å². The number of allylic oxidation sites excluding steroid dienone is 4. The molecule has 3 heteroatoms. The van der Waals surface area contributed by atoms with Crippen LogP contribution in [0.1, 0.15) is 6.42 Å². The maximum absolute atomic E-state index is 5.99. The Morgan fingerprint density at radius 2 is 2.22 bits per heavy atom. The van der Waals surface area contributed by atoms with Crippen molar-refractivity contribution in [3.8, 4) is 0 Å². The van der Waals surface area contributed by atoms with E-state index in [-0.39, 0.29) is 0 Å². The second kappa shape index (κ2) is 2.75. The Bertz CT molecular complexity index is 164. The SMILES string of the molecule is [CH3][Os]([Cl])([Cl])[C]1=CC=CC1. The molecule has 0 N–H and O–H groups in total. The third-order valence-corrected chi connectivity index (χ3v) is 7.73. The van der Waals surface area contributed by atoms with E-state index in [1.54, 1.807) is 0 Å². The van der Waals surface area contributed by atoms with E-state index < -0.39 is 13.0 Å². The fourth-order valence-corrected chi connectivity index (χ4v) is 4.47. The van der Waals surface area contributed by atoms with E-state index in [2.05, 4.69) is 6.08 Å². The molecule has 0 saturated carbocycles. The van der Waals surface area contributed by atoms with Crippen molar-refractivity contribution >= 4 is 19.3 Å². The van der Waals surface area contributed by atoms with Crippen molar-refractivity contribution in [1.29, 1.82) is 0 Å². The summed E-state index contributed by atoms with van der Waals surface area (Å²) in [6, 6.07) is 0. The molecule has 1 aliphatic rings. The first-order chi connectivity index (χ1) is 4.11. The average Bonchev–Trinajstić information content (AvgIpc) is 2.08. The summed E-state index contributed by atoms with van der Waals surface area (Å²) in [4.78, 5) is 0. The van der Waals surface area contributed by atoms with Crippen LogP contribution in [-0.2, 0) is 13.0 Å². The maximum atomic E-state index is 5.99. The molecule has 0 aromatic carbocycles. The fourth-order valence-electron chi connectivity index (χ4n) is 0.646. The third-order valence-electron chi connectivity index (χ3n) is 1.12. The molecular weight excluding hydrogens is 333 g/mol. The van der Waals surface area contributed by atoms with Crippen LogP contribution >= 0.6 is 19.3 Å². The molecule has 0 aliphatic heterocycles. The van der Waals surface area contributed by atoms with E-state index in [1.165, 1.54) is 4.13 Å². The van der Waals surface area contributed by atoms with Crippen molar-refractivity contribution < 1.29 is 13.0 Å². The predicted octanol–water partition coefficient (Wildman–Crippen LogP) is 3.34.